The summed E-state index contributed by atoms with van der Waals surface area (Å²) in [6.45, 7) is 5.09. The third kappa shape index (κ3) is 36.6. The zero-order valence-corrected chi connectivity index (χ0v) is 32.7. The summed E-state index contributed by atoms with van der Waals surface area (Å²) < 4.78 is 34.0. The highest BCUT2D eigenvalue weighted by Gasteiger charge is 2.26. The van der Waals surface area contributed by atoms with E-state index in [0.29, 0.717) is 17.6 Å². The van der Waals surface area contributed by atoms with E-state index in [4.69, 9.17) is 18.5 Å². The van der Waals surface area contributed by atoms with E-state index in [1.807, 2.05) is 21.1 Å². The largest absolute Gasteiger partial charge is 0.472 e. The van der Waals surface area contributed by atoms with Crippen LogP contribution in [0.25, 0.3) is 0 Å². The van der Waals surface area contributed by atoms with Crippen molar-refractivity contribution in [3.8, 4) is 0 Å². The van der Waals surface area contributed by atoms with Crippen molar-refractivity contribution >= 4 is 13.8 Å². The molecule has 0 aromatic carbocycles. The fourth-order valence-corrected chi connectivity index (χ4v) is 6.33. The van der Waals surface area contributed by atoms with Crippen molar-refractivity contribution in [3.05, 3.63) is 0 Å². The van der Waals surface area contributed by atoms with Crippen LogP contribution in [0.5, 0.6) is 0 Å². The Kier molecular flexibility index (Phi) is 32.3. The molecule has 8 nitrogen and oxygen atoms in total. The van der Waals surface area contributed by atoms with E-state index in [1.165, 1.54) is 148 Å². The van der Waals surface area contributed by atoms with Crippen LogP contribution < -0.4 is 0 Å². The lowest BCUT2D eigenvalue weighted by Crippen LogP contribution is -2.37. The molecule has 0 aromatic heterocycles. The summed E-state index contributed by atoms with van der Waals surface area (Å²) in [4.78, 5) is 21.7. The van der Waals surface area contributed by atoms with Crippen molar-refractivity contribution in [1.29, 1.82) is 0 Å². The first-order valence-electron chi connectivity index (χ1n) is 19.8. The third-order valence-corrected chi connectivity index (χ3v) is 9.71. The number of esters is 1. The van der Waals surface area contributed by atoms with E-state index in [-0.39, 0.29) is 26.2 Å². The molecule has 0 spiro atoms. The summed E-state index contributed by atoms with van der Waals surface area (Å²) in [5.41, 5.74) is 0. The topological polar surface area (TPSA) is 91.3 Å². The Bertz CT molecular complexity index is 731. The first-order valence-corrected chi connectivity index (χ1v) is 21.3. The molecule has 0 aliphatic carbocycles. The number of unbranched alkanes of at least 4 members (excludes halogenated alkanes) is 24. The van der Waals surface area contributed by atoms with Crippen LogP contribution >= 0.6 is 7.82 Å². The predicted octanol–water partition coefficient (Wildman–Crippen LogP) is 10.9. The zero-order chi connectivity index (χ0) is 34.9. The Labute approximate surface area is 291 Å². The molecule has 0 saturated carbocycles. The molecule has 0 aliphatic heterocycles. The minimum absolute atomic E-state index is 0.0901. The van der Waals surface area contributed by atoms with Crippen molar-refractivity contribution in [2.45, 2.75) is 187 Å². The predicted molar refractivity (Wildman–Crippen MR) is 197 cm³/mol. The average Bonchev–Trinajstić information content (AvgIpc) is 3.02. The first kappa shape index (κ1) is 46.5. The molecule has 9 heteroatoms. The van der Waals surface area contributed by atoms with Crippen LogP contribution in [-0.4, -0.2) is 75.6 Å². The number of quaternary nitrogens is 1. The maximum Gasteiger partial charge on any atom is 0.472 e. The van der Waals surface area contributed by atoms with E-state index < -0.39 is 19.9 Å². The number of hydrogen-bond donors (Lipinski definition) is 1. The normalized spacial score (nSPS) is 13.9. The number of hydrogen-bond acceptors (Lipinski definition) is 6. The second-order valence-corrected chi connectivity index (χ2v) is 16.1. The van der Waals surface area contributed by atoms with Crippen LogP contribution in [0.4, 0.5) is 0 Å². The molecular weight excluding hydrogens is 613 g/mol. The molecule has 0 heterocycles. The van der Waals surface area contributed by atoms with Crippen LogP contribution in [0.15, 0.2) is 0 Å². The molecule has 0 fully saturated rings. The quantitative estimate of drug-likeness (QED) is 0.0300. The summed E-state index contributed by atoms with van der Waals surface area (Å²) >= 11 is 0. The molecule has 1 N–H and O–H groups in total. The molecule has 0 aliphatic rings. The summed E-state index contributed by atoms with van der Waals surface area (Å²) in [5, 5.41) is 0. The fourth-order valence-electron chi connectivity index (χ4n) is 5.59. The lowest BCUT2D eigenvalue weighted by Gasteiger charge is -2.24. The lowest BCUT2D eigenvalue weighted by atomic mass is 10.0. The van der Waals surface area contributed by atoms with E-state index in [0.717, 1.165) is 12.8 Å². The number of phosphoric ester groups is 1. The number of carbonyl (C=O) groups is 1. The van der Waals surface area contributed by atoms with E-state index in [1.54, 1.807) is 6.92 Å². The monoisotopic (exact) mass is 693 g/mol. The fraction of sp³-hybridized carbons (Fsp3) is 0.974. The number of carbonyl (C=O) groups excluding carboxylic acids is 1. The molecule has 0 bridgehead atoms. The molecule has 0 saturated heterocycles. The molecule has 2 atom stereocenters. The zero-order valence-electron chi connectivity index (χ0n) is 31.8. The van der Waals surface area contributed by atoms with Gasteiger partial charge in [0.2, 0.25) is 0 Å². The summed E-state index contributed by atoms with van der Waals surface area (Å²) in [6.07, 6.45) is 33.8. The summed E-state index contributed by atoms with van der Waals surface area (Å²) in [5.74, 6) is -0.397. The Hall–Kier alpha value is -0.500. The Morgan fingerprint density at radius 3 is 1.32 bits per heavy atom. The van der Waals surface area contributed by atoms with Gasteiger partial charge in [-0.3, -0.25) is 13.8 Å². The second kappa shape index (κ2) is 32.7. The van der Waals surface area contributed by atoms with Gasteiger partial charge in [0.15, 0.2) is 0 Å². The van der Waals surface area contributed by atoms with Gasteiger partial charge in [0.25, 0.3) is 0 Å². The smallest absolute Gasteiger partial charge is 0.457 e. The molecule has 0 rings (SSSR count). The maximum absolute atomic E-state index is 12.2. The summed E-state index contributed by atoms with van der Waals surface area (Å²) in [7, 11) is 1.67. The molecular formula is C38H79NO7P+. The van der Waals surface area contributed by atoms with Gasteiger partial charge in [0.1, 0.15) is 19.3 Å². The van der Waals surface area contributed by atoms with Gasteiger partial charge >= 0.3 is 13.8 Å². The van der Waals surface area contributed by atoms with Gasteiger partial charge in [-0.2, -0.15) is 0 Å². The molecule has 0 radical (unpaired) electrons. The van der Waals surface area contributed by atoms with Crippen LogP contribution in [0.3, 0.4) is 0 Å². The van der Waals surface area contributed by atoms with Crippen molar-refractivity contribution in [1.82, 2.24) is 0 Å². The molecule has 0 aromatic rings. The maximum atomic E-state index is 12.2. The van der Waals surface area contributed by atoms with Crippen LogP contribution in [0.2, 0.25) is 0 Å². The van der Waals surface area contributed by atoms with Crippen molar-refractivity contribution in [2.75, 3.05) is 54.1 Å². The minimum atomic E-state index is -4.23. The van der Waals surface area contributed by atoms with Crippen molar-refractivity contribution in [3.63, 3.8) is 0 Å². The SMILES string of the molecule is CCCCCCCCCCCCCCCCCCCCCCCCCCCOCC(COP(=O)(O)OCC[N+](C)(C)C)OC(=O)CC. The number of nitrogens with zero attached hydrogens (tertiary/aromatic N) is 1. The highest BCUT2D eigenvalue weighted by atomic mass is 31.2. The first-order chi connectivity index (χ1) is 22.6. The van der Waals surface area contributed by atoms with Gasteiger partial charge in [-0.05, 0) is 6.42 Å². The Morgan fingerprint density at radius 2 is 0.957 bits per heavy atom. The second-order valence-electron chi connectivity index (χ2n) is 14.6. The Morgan fingerprint density at radius 1 is 0.574 bits per heavy atom. The standard InChI is InChI=1S/C38H78NO7P/c1-6-8-9-10-11-12-13-14-15-16-17-18-19-20-21-22-23-24-25-26-27-28-29-30-31-33-43-35-37(46-38(40)7-2)36-45-47(41,42)44-34-32-39(3,4)5/h37H,6-36H2,1-5H3/p+1. The lowest BCUT2D eigenvalue weighted by molar-refractivity contribution is -0.870. The highest BCUT2D eigenvalue weighted by Crippen LogP contribution is 2.43. The molecule has 47 heavy (non-hydrogen) atoms. The van der Waals surface area contributed by atoms with Gasteiger partial charge in [-0.15, -0.1) is 0 Å². The number of likely N-dealkylation sites (N-methyl/N-ethyl adjacent to an activating group) is 1. The molecule has 2 unspecified atom stereocenters. The van der Waals surface area contributed by atoms with Gasteiger partial charge in [-0.25, -0.2) is 4.57 Å². The van der Waals surface area contributed by atoms with Gasteiger partial charge in [0, 0.05) is 13.0 Å². The van der Waals surface area contributed by atoms with E-state index >= 15 is 0 Å². The van der Waals surface area contributed by atoms with E-state index in [2.05, 4.69) is 6.92 Å². The van der Waals surface area contributed by atoms with Gasteiger partial charge in [-0.1, -0.05) is 168 Å². The van der Waals surface area contributed by atoms with E-state index in [9.17, 15) is 14.3 Å². The third-order valence-electron chi connectivity index (χ3n) is 8.72. The number of ether oxygens (including phenoxy) is 2. The molecule has 282 valence electrons. The van der Waals surface area contributed by atoms with Crippen LogP contribution in [0.1, 0.15) is 181 Å². The summed E-state index contributed by atoms with van der Waals surface area (Å²) in [6, 6.07) is 0. The van der Waals surface area contributed by atoms with Gasteiger partial charge < -0.3 is 18.9 Å². The average molecular weight is 693 g/mol. The van der Waals surface area contributed by atoms with Crippen molar-refractivity contribution < 1.29 is 37.3 Å². The minimum Gasteiger partial charge on any atom is -0.457 e. The number of rotatable bonds is 37. The number of phosphoric acid groups is 1. The molecule has 0 amide bonds. The highest BCUT2D eigenvalue weighted by molar-refractivity contribution is 7.47. The van der Waals surface area contributed by atoms with Crippen LogP contribution in [-0.2, 0) is 27.9 Å². The van der Waals surface area contributed by atoms with Crippen LogP contribution in [0, 0.1) is 0 Å². The van der Waals surface area contributed by atoms with Crippen molar-refractivity contribution in [2.24, 2.45) is 0 Å². The Balaban J connectivity index is 3.57. The van der Waals surface area contributed by atoms with Gasteiger partial charge in [0.05, 0.1) is 34.4 Å².